The summed E-state index contributed by atoms with van der Waals surface area (Å²) in [6.45, 7) is 0. The molecular weight excluding hydrogens is 395 g/mol. The van der Waals surface area contributed by atoms with E-state index in [-0.39, 0.29) is 0 Å². The van der Waals surface area contributed by atoms with Gasteiger partial charge in [-0.05, 0) is 28.8 Å². The molecule has 1 aliphatic rings. The van der Waals surface area contributed by atoms with Gasteiger partial charge in [0.05, 0.1) is 28.6 Å². The third-order valence-corrected chi connectivity index (χ3v) is 5.54. The molecule has 0 saturated heterocycles. The van der Waals surface area contributed by atoms with Crippen LogP contribution in [0.25, 0.3) is 22.4 Å². The highest BCUT2D eigenvalue weighted by Crippen LogP contribution is 2.42. The van der Waals surface area contributed by atoms with Gasteiger partial charge in [0, 0.05) is 16.9 Å². The number of hydrogen-bond donors (Lipinski definition) is 2. The van der Waals surface area contributed by atoms with E-state index in [1.54, 1.807) is 23.5 Å². The number of hydrogen-bond acceptors (Lipinski definition) is 4. The van der Waals surface area contributed by atoms with Gasteiger partial charge in [-0.15, -0.1) is 11.3 Å². The lowest BCUT2D eigenvalue weighted by molar-refractivity contribution is 0.475. The maximum absolute atomic E-state index is 9.38. The molecule has 0 amide bonds. The fourth-order valence-corrected chi connectivity index (χ4v) is 4.04. The average Bonchev–Trinajstić information content (AvgIpc) is 3.04. The number of anilines is 1. The molecule has 4 rings (SSSR count). The minimum Gasteiger partial charge on any atom is -0.508 e. The number of nitrogens with zero attached hydrogens (tertiary/aromatic N) is 1. The second-order valence-corrected chi connectivity index (χ2v) is 6.60. The molecule has 0 saturated carbocycles. The fourth-order valence-electron chi connectivity index (χ4n) is 2.70. The van der Waals surface area contributed by atoms with Crippen molar-refractivity contribution in [3.63, 3.8) is 0 Å². The van der Waals surface area contributed by atoms with Crippen molar-refractivity contribution in [2.24, 2.45) is 0 Å². The molecule has 0 bridgehead atoms. The lowest BCUT2D eigenvalue weighted by Crippen LogP contribution is -1.85. The van der Waals surface area contributed by atoms with Gasteiger partial charge in [0.1, 0.15) is 5.75 Å². The van der Waals surface area contributed by atoms with Crippen LogP contribution in [0, 0.1) is 0 Å². The Morgan fingerprint density at radius 1 is 1.10 bits per heavy atom. The minimum absolute atomic E-state index is 0.296. The Morgan fingerprint density at radius 3 is 2.62 bits per heavy atom. The standard InChI is InChI=1S/C16H11IN2OS/c17-19-16-18-15-13-6-3-10(7-11(13)8-14(15)21-16)9-1-4-12(20)5-2-9/h1-7,20H,8H2,(H,18,19). The first-order chi connectivity index (χ1) is 10.2. The van der Waals surface area contributed by atoms with Gasteiger partial charge in [0.25, 0.3) is 0 Å². The number of phenols is 1. The summed E-state index contributed by atoms with van der Waals surface area (Å²) in [4.78, 5) is 5.96. The number of thiazole rings is 1. The number of nitrogens with one attached hydrogen (secondary N) is 1. The van der Waals surface area contributed by atoms with Crippen LogP contribution in [0.2, 0.25) is 0 Å². The van der Waals surface area contributed by atoms with Crippen LogP contribution in [-0.2, 0) is 6.42 Å². The molecule has 0 spiro atoms. The van der Waals surface area contributed by atoms with E-state index in [1.165, 1.54) is 21.6 Å². The summed E-state index contributed by atoms with van der Waals surface area (Å²) in [7, 11) is 0. The lowest BCUT2D eigenvalue weighted by Gasteiger charge is -2.06. The smallest absolute Gasteiger partial charge is 0.192 e. The molecule has 2 aromatic carbocycles. The number of phenolic OH excluding ortho intramolecular Hbond substituents is 1. The monoisotopic (exact) mass is 406 g/mol. The zero-order chi connectivity index (χ0) is 14.4. The van der Waals surface area contributed by atoms with Gasteiger partial charge in [-0.25, -0.2) is 4.98 Å². The Morgan fingerprint density at radius 2 is 1.86 bits per heavy atom. The van der Waals surface area contributed by atoms with Crippen LogP contribution < -0.4 is 3.53 Å². The van der Waals surface area contributed by atoms with E-state index < -0.39 is 0 Å². The van der Waals surface area contributed by atoms with Crippen molar-refractivity contribution >= 4 is 39.3 Å². The Kier molecular flexibility index (Phi) is 3.11. The molecule has 1 heterocycles. The Balaban J connectivity index is 1.76. The molecular formula is C16H11IN2OS. The van der Waals surface area contributed by atoms with Crippen LogP contribution in [0.1, 0.15) is 10.4 Å². The van der Waals surface area contributed by atoms with E-state index in [2.05, 4.69) is 49.6 Å². The first kappa shape index (κ1) is 13.1. The van der Waals surface area contributed by atoms with Crippen molar-refractivity contribution in [1.29, 1.82) is 0 Å². The second-order valence-electron chi connectivity index (χ2n) is 4.98. The van der Waals surface area contributed by atoms with Crippen molar-refractivity contribution in [3.8, 4) is 28.1 Å². The van der Waals surface area contributed by atoms with Gasteiger partial charge >= 0.3 is 0 Å². The van der Waals surface area contributed by atoms with Crippen molar-refractivity contribution in [2.75, 3.05) is 3.53 Å². The number of fused-ring (bicyclic) bond motifs is 3. The van der Waals surface area contributed by atoms with Crippen LogP contribution in [0.5, 0.6) is 5.75 Å². The number of halogens is 1. The van der Waals surface area contributed by atoms with Gasteiger partial charge < -0.3 is 8.64 Å². The largest absolute Gasteiger partial charge is 0.508 e. The van der Waals surface area contributed by atoms with Crippen LogP contribution in [0.4, 0.5) is 5.13 Å². The summed E-state index contributed by atoms with van der Waals surface area (Å²) in [6.07, 6.45) is 0.951. The maximum Gasteiger partial charge on any atom is 0.192 e. The normalized spacial score (nSPS) is 12.0. The quantitative estimate of drug-likeness (QED) is 0.370. The molecule has 21 heavy (non-hydrogen) atoms. The highest BCUT2D eigenvalue weighted by Gasteiger charge is 2.23. The average molecular weight is 406 g/mol. The van der Waals surface area contributed by atoms with Gasteiger partial charge in [-0.3, -0.25) is 0 Å². The van der Waals surface area contributed by atoms with Crippen molar-refractivity contribution < 1.29 is 5.11 Å². The zero-order valence-electron chi connectivity index (χ0n) is 10.9. The predicted octanol–water partition coefficient (Wildman–Crippen LogP) is 4.85. The minimum atomic E-state index is 0.296. The fraction of sp³-hybridized carbons (Fsp3) is 0.0625. The molecule has 1 aromatic heterocycles. The Labute approximate surface area is 140 Å². The summed E-state index contributed by atoms with van der Waals surface area (Å²) >= 11 is 3.84. The molecule has 3 aromatic rings. The highest BCUT2D eigenvalue weighted by molar-refractivity contribution is 14.1. The Bertz CT molecular complexity index is 827. The molecule has 0 radical (unpaired) electrons. The van der Waals surface area contributed by atoms with E-state index in [4.69, 9.17) is 0 Å². The molecule has 3 nitrogen and oxygen atoms in total. The van der Waals surface area contributed by atoms with Crippen LogP contribution in [0.15, 0.2) is 42.5 Å². The van der Waals surface area contributed by atoms with Crippen LogP contribution in [-0.4, -0.2) is 10.1 Å². The highest BCUT2D eigenvalue weighted by atomic mass is 127. The van der Waals surface area contributed by atoms with Crippen molar-refractivity contribution in [2.45, 2.75) is 6.42 Å². The number of rotatable bonds is 2. The predicted molar refractivity (Wildman–Crippen MR) is 95.1 cm³/mol. The van der Waals surface area contributed by atoms with E-state index in [0.717, 1.165) is 22.8 Å². The summed E-state index contributed by atoms with van der Waals surface area (Å²) in [5.41, 5.74) is 5.98. The zero-order valence-corrected chi connectivity index (χ0v) is 13.9. The lowest BCUT2D eigenvalue weighted by atomic mass is 10.00. The Hall–Kier alpha value is -1.60. The molecule has 0 unspecified atom stereocenters. The molecule has 104 valence electrons. The third-order valence-electron chi connectivity index (χ3n) is 3.69. The third kappa shape index (κ3) is 2.20. The van der Waals surface area contributed by atoms with Gasteiger partial charge in [-0.2, -0.15) is 0 Å². The second kappa shape index (κ2) is 4.99. The SMILES string of the molecule is Oc1ccc(-c2ccc3c(c2)Cc2sc(NI)nc2-3)cc1. The van der Waals surface area contributed by atoms with Crippen LogP contribution >= 0.6 is 34.2 Å². The molecule has 0 fully saturated rings. The molecule has 0 aliphatic heterocycles. The van der Waals surface area contributed by atoms with E-state index in [9.17, 15) is 5.11 Å². The summed E-state index contributed by atoms with van der Waals surface area (Å²) in [5.74, 6) is 0.296. The summed E-state index contributed by atoms with van der Waals surface area (Å²) in [6, 6.07) is 13.8. The van der Waals surface area contributed by atoms with E-state index in [0.29, 0.717) is 5.75 Å². The van der Waals surface area contributed by atoms with E-state index >= 15 is 0 Å². The summed E-state index contributed by atoms with van der Waals surface area (Å²) in [5, 5.41) is 10.4. The first-order valence-electron chi connectivity index (χ1n) is 6.53. The topological polar surface area (TPSA) is 45.1 Å². The van der Waals surface area contributed by atoms with Gasteiger partial charge in [0.2, 0.25) is 0 Å². The molecule has 5 heteroatoms. The van der Waals surface area contributed by atoms with Crippen molar-refractivity contribution in [3.05, 3.63) is 52.9 Å². The van der Waals surface area contributed by atoms with E-state index in [1.807, 2.05) is 12.1 Å². The summed E-state index contributed by atoms with van der Waals surface area (Å²) < 4.78 is 3.08. The first-order valence-corrected chi connectivity index (χ1v) is 8.43. The maximum atomic E-state index is 9.38. The van der Waals surface area contributed by atoms with Gasteiger partial charge in [0.15, 0.2) is 5.13 Å². The molecule has 1 aliphatic carbocycles. The van der Waals surface area contributed by atoms with Crippen LogP contribution in [0.3, 0.4) is 0 Å². The number of aromatic nitrogens is 1. The van der Waals surface area contributed by atoms with Gasteiger partial charge in [-0.1, -0.05) is 30.3 Å². The molecule has 0 atom stereocenters. The number of aromatic hydroxyl groups is 1. The van der Waals surface area contributed by atoms with Crippen molar-refractivity contribution in [1.82, 2.24) is 4.98 Å². The molecule has 2 N–H and O–H groups in total. The number of benzene rings is 2.